The lowest BCUT2D eigenvalue weighted by atomic mass is 9.75. The Morgan fingerprint density at radius 3 is 2.60 bits per heavy atom. The fourth-order valence-electron chi connectivity index (χ4n) is 3.18. The number of hydrogen-bond acceptors (Lipinski definition) is 2. The van der Waals surface area contributed by atoms with Crippen molar-refractivity contribution < 1.29 is 0 Å². The van der Waals surface area contributed by atoms with Crippen LogP contribution >= 0.6 is 0 Å². The van der Waals surface area contributed by atoms with E-state index in [-0.39, 0.29) is 6.04 Å². The van der Waals surface area contributed by atoms with Gasteiger partial charge in [-0.25, -0.2) is 0 Å². The third-order valence-corrected chi connectivity index (χ3v) is 4.32. The number of amidine groups is 1. The number of fused-ring (bicyclic) bond motifs is 1. The second-order valence-corrected chi connectivity index (χ2v) is 5.22. The first-order valence-electron chi connectivity index (χ1n) is 6.26. The van der Waals surface area contributed by atoms with Gasteiger partial charge in [0.2, 0.25) is 0 Å². The van der Waals surface area contributed by atoms with Crippen molar-refractivity contribution in [2.24, 2.45) is 17.6 Å². The summed E-state index contributed by atoms with van der Waals surface area (Å²) in [5.74, 6) is 2.17. The van der Waals surface area contributed by atoms with Gasteiger partial charge >= 0.3 is 0 Å². The van der Waals surface area contributed by atoms with Gasteiger partial charge in [0.25, 0.3) is 0 Å². The smallest absolute Gasteiger partial charge is 0.108 e. The van der Waals surface area contributed by atoms with E-state index in [0.717, 1.165) is 18.4 Å². The highest BCUT2D eigenvalue weighted by Gasteiger charge is 2.33. The largest absolute Gasteiger partial charge is 0.386 e. The monoisotopic (exact) mass is 209 g/mol. The van der Waals surface area contributed by atoms with E-state index in [1.54, 1.807) is 0 Å². The zero-order chi connectivity index (χ0) is 10.8. The molecule has 3 unspecified atom stereocenters. The van der Waals surface area contributed by atoms with Gasteiger partial charge in [-0.3, -0.25) is 10.3 Å². The molecule has 3 nitrogen and oxygen atoms in total. The average Bonchev–Trinajstić information content (AvgIpc) is 2.27. The summed E-state index contributed by atoms with van der Waals surface area (Å²) in [5, 5.41) is 7.50. The highest BCUT2D eigenvalue weighted by molar-refractivity contribution is 5.82. The van der Waals surface area contributed by atoms with Crippen LogP contribution in [0.2, 0.25) is 0 Å². The maximum atomic E-state index is 7.50. The normalized spacial score (nSPS) is 34.5. The first-order chi connectivity index (χ1) is 7.18. The first kappa shape index (κ1) is 10.9. The molecule has 0 bridgehead atoms. The van der Waals surface area contributed by atoms with Crippen LogP contribution in [0.15, 0.2) is 0 Å². The van der Waals surface area contributed by atoms with Gasteiger partial charge in [-0.2, -0.15) is 0 Å². The topological polar surface area (TPSA) is 53.1 Å². The molecule has 3 atom stereocenters. The lowest BCUT2D eigenvalue weighted by molar-refractivity contribution is 0.0779. The van der Waals surface area contributed by atoms with Crippen molar-refractivity contribution in [3.8, 4) is 0 Å². The van der Waals surface area contributed by atoms with Crippen LogP contribution in [0.3, 0.4) is 0 Å². The number of nitrogens with zero attached hydrogens (tertiary/aromatic N) is 1. The van der Waals surface area contributed by atoms with Crippen LogP contribution in [-0.4, -0.2) is 29.9 Å². The van der Waals surface area contributed by atoms with Crippen LogP contribution < -0.4 is 5.73 Å². The van der Waals surface area contributed by atoms with Gasteiger partial charge in [0, 0.05) is 6.54 Å². The lowest BCUT2D eigenvalue weighted by Crippen LogP contribution is -2.50. The SMILES string of the molecule is CC(C(=N)N)N1CCC2CCCCC2C1. The molecule has 0 spiro atoms. The minimum absolute atomic E-state index is 0.146. The fraction of sp³-hybridized carbons (Fsp3) is 0.917. The van der Waals surface area contributed by atoms with Gasteiger partial charge in [0.05, 0.1) is 6.04 Å². The molecule has 0 amide bonds. The molecule has 15 heavy (non-hydrogen) atoms. The Morgan fingerprint density at radius 1 is 1.27 bits per heavy atom. The molecule has 0 aromatic heterocycles. The number of nitrogens with one attached hydrogen (secondary N) is 1. The van der Waals surface area contributed by atoms with E-state index < -0.39 is 0 Å². The number of nitrogens with two attached hydrogens (primary N) is 1. The third kappa shape index (κ3) is 2.33. The van der Waals surface area contributed by atoms with Gasteiger partial charge < -0.3 is 5.73 Å². The van der Waals surface area contributed by atoms with E-state index >= 15 is 0 Å². The second-order valence-electron chi connectivity index (χ2n) is 5.22. The molecule has 0 aromatic rings. The highest BCUT2D eigenvalue weighted by Crippen LogP contribution is 2.36. The van der Waals surface area contributed by atoms with E-state index in [9.17, 15) is 0 Å². The minimum atomic E-state index is 0.146. The number of likely N-dealkylation sites (tertiary alicyclic amines) is 1. The fourth-order valence-corrected chi connectivity index (χ4v) is 3.18. The van der Waals surface area contributed by atoms with Gasteiger partial charge in [0.1, 0.15) is 5.84 Å². The number of hydrogen-bond donors (Lipinski definition) is 2. The zero-order valence-electron chi connectivity index (χ0n) is 9.71. The summed E-state index contributed by atoms with van der Waals surface area (Å²) >= 11 is 0. The molecule has 2 rings (SSSR count). The zero-order valence-corrected chi connectivity index (χ0v) is 9.71. The molecule has 1 aliphatic heterocycles. The van der Waals surface area contributed by atoms with Crippen molar-refractivity contribution in [3.63, 3.8) is 0 Å². The molecule has 1 saturated heterocycles. The van der Waals surface area contributed by atoms with Crippen molar-refractivity contribution in [1.82, 2.24) is 4.90 Å². The van der Waals surface area contributed by atoms with Crippen LogP contribution in [0.25, 0.3) is 0 Å². The molecule has 3 N–H and O–H groups in total. The van der Waals surface area contributed by atoms with Crippen molar-refractivity contribution in [2.45, 2.75) is 45.1 Å². The molecule has 1 aliphatic carbocycles. The molecule has 2 aliphatic rings. The summed E-state index contributed by atoms with van der Waals surface area (Å²) < 4.78 is 0. The Morgan fingerprint density at radius 2 is 1.93 bits per heavy atom. The van der Waals surface area contributed by atoms with E-state index in [2.05, 4.69) is 11.8 Å². The van der Waals surface area contributed by atoms with Crippen molar-refractivity contribution in [3.05, 3.63) is 0 Å². The molecule has 1 saturated carbocycles. The molecule has 3 heteroatoms. The molecular formula is C12H23N3. The quantitative estimate of drug-likeness (QED) is 0.538. The third-order valence-electron chi connectivity index (χ3n) is 4.32. The maximum Gasteiger partial charge on any atom is 0.108 e. The Hall–Kier alpha value is -0.570. The summed E-state index contributed by atoms with van der Waals surface area (Å²) in [6.45, 7) is 4.37. The van der Waals surface area contributed by atoms with Crippen LogP contribution in [0.1, 0.15) is 39.0 Å². The molecule has 0 radical (unpaired) electrons. The number of piperidine rings is 1. The first-order valence-corrected chi connectivity index (χ1v) is 6.26. The van der Waals surface area contributed by atoms with E-state index in [1.165, 1.54) is 38.6 Å². The molecular weight excluding hydrogens is 186 g/mol. The van der Waals surface area contributed by atoms with Crippen LogP contribution in [-0.2, 0) is 0 Å². The molecule has 2 fully saturated rings. The Labute approximate surface area is 92.5 Å². The van der Waals surface area contributed by atoms with Gasteiger partial charge in [0.15, 0.2) is 0 Å². The Kier molecular flexibility index (Phi) is 3.29. The predicted octanol–water partition coefficient (Wildman–Crippen LogP) is 1.82. The van der Waals surface area contributed by atoms with Gasteiger partial charge in [-0.05, 0) is 38.1 Å². The van der Waals surface area contributed by atoms with E-state index in [4.69, 9.17) is 11.1 Å². The average molecular weight is 209 g/mol. The summed E-state index contributed by atoms with van der Waals surface area (Å²) in [4.78, 5) is 2.40. The van der Waals surface area contributed by atoms with Crippen molar-refractivity contribution >= 4 is 5.84 Å². The number of rotatable bonds is 2. The summed E-state index contributed by atoms with van der Waals surface area (Å²) in [6.07, 6.45) is 6.99. The highest BCUT2D eigenvalue weighted by atomic mass is 15.2. The Balaban J connectivity index is 1.93. The summed E-state index contributed by atoms with van der Waals surface area (Å²) in [5.41, 5.74) is 5.58. The maximum absolute atomic E-state index is 7.50. The standard InChI is InChI=1S/C12H23N3/c1-9(12(13)14)15-7-6-10-4-2-3-5-11(10)8-15/h9-11H,2-8H2,1H3,(H3,13,14). The van der Waals surface area contributed by atoms with Gasteiger partial charge in [-0.15, -0.1) is 0 Å². The predicted molar refractivity (Wildman–Crippen MR) is 63.0 cm³/mol. The molecule has 0 aromatic carbocycles. The van der Waals surface area contributed by atoms with Crippen molar-refractivity contribution in [2.75, 3.05) is 13.1 Å². The molecule has 86 valence electrons. The second kappa shape index (κ2) is 4.52. The Bertz CT molecular complexity index is 239. The van der Waals surface area contributed by atoms with Crippen LogP contribution in [0, 0.1) is 17.2 Å². The van der Waals surface area contributed by atoms with E-state index in [1.807, 2.05) is 0 Å². The van der Waals surface area contributed by atoms with Gasteiger partial charge in [-0.1, -0.05) is 19.3 Å². The van der Waals surface area contributed by atoms with Crippen LogP contribution in [0.4, 0.5) is 0 Å². The summed E-state index contributed by atoms with van der Waals surface area (Å²) in [7, 11) is 0. The lowest BCUT2D eigenvalue weighted by Gasteiger charge is -2.43. The van der Waals surface area contributed by atoms with Crippen LogP contribution in [0.5, 0.6) is 0 Å². The minimum Gasteiger partial charge on any atom is -0.386 e. The molecule has 1 heterocycles. The van der Waals surface area contributed by atoms with Crippen molar-refractivity contribution in [1.29, 1.82) is 5.41 Å². The van der Waals surface area contributed by atoms with E-state index in [0.29, 0.717) is 5.84 Å². The summed E-state index contributed by atoms with van der Waals surface area (Å²) in [6, 6.07) is 0.146.